The highest BCUT2D eigenvalue weighted by molar-refractivity contribution is 8.04. The summed E-state index contributed by atoms with van der Waals surface area (Å²) < 4.78 is 13.4. The van der Waals surface area contributed by atoms with Gasteiger partial charge in [-0.15, -0.1) is 0 Å². The molecule has 0 saturated heterocycles. The standard InChI is InChI=1S/C15H8ClFN4O3S/c16-7-3-6(1-2-8(7)17)21-12-11-9(20-15(21)24)4-10(14(22)23)25-13(11)19-5-18-12/h1-5,9H,(H,20,24)(H,22,23). The molecule has 25 heavy (non-hydrogen) atoms. The van der Waals surface area contributed by atoms with Gasteiger partial charge in [-0.25, -0.2) is 28.8 Å². The number of amides is 2. The van der Waals surface area contributed by atoms with E-state index in [1.54, 1.807) is 0 Å². The molecule has 0 radical (unpaired) electrons. The van der Waals surface area contributed by atoms with Crippen LogP contribution in [0, 0.1) is 5.82 Å². The Kier molecular flexibility index (Phi) is 3.62. The van der Waals surface area contributed by atoms with Crippen LogP contribution < -0.4 is 10.2 Å². The number of hydrogen-bond acceptors (Lipinski definition) is 5. The molecule has 4 rings (SSSR count). The Balaban J connectivity index is 1.87. The molecule has 0 fully saturated rings. The van der Waals surface area contributed by atoms with E-state index in [1.165, 1.54) is 29.4 Å². The molecule has 1 aromatic heterocycles. The van der Waals surface area contributed by atoms with Crippen molar-refractivity contribution >= 4 is 46.9 Å². The minimum Gasteiger partial charge on any atom is -0.477 e. The normalized spacial score (nSPS) is 18.3. The van der Waals surface area contributed by atoms with Crippen molar-refractivity contribution in [1.82, 2.24) is 15.3 Å². The van der Waals surface area contributed by atoms with E-state index < -0.39 is 23.9 Å². The second kappa shape index (κ2) is 5.71. The molecule has 2 N–H and O–H groups in total. The van der Waals surface area contributed by atoms with Crippen molar-refractivity contribution in [2.24, 2.45) is 0 Å². The van der Waals surface area contributed by atoms with Crippen LogP contribution in [0.5, 0.6) is 0 Å². The second-order valence-electron chi connectivity index (χ2n) is 5.22. The highest BCUT2D eigenvalue weighted by Gasteiger charge is 2.38. The predicted octanol–water partition coefficient (Wildman–Crippen LogP) is 3.25. The molecule has 0 aliphatic carbocycles. The van der Waals surface area contributed by atoms with Crippen molar-refractivity contribution in [3.05, 3.63) is 51.9 Å². The maximum atomic E-state index is 13.4. The first kappa shape index (κ1) is 15.9. The van der Waals surface area contributed by atoms with Crippen molar-refractivity contribution < 1.29 is 19.1 Å². The van der Waals surface area contributed by atoms with E-state index in [9.17, 15) is 19.1 Å². The molecule has 0 bridgehead atoms. The number of rotatable bonds is 2. The topological polar surface area (TPSA) is 95.4 Å². The molecule has 0 saturated carbocycles. The lowest BCUT2D eigenvalue weighted by Crippen LogP contribution is -2.45. The first-order valence-electron chi connectivity index (χ1n) is 6.99. The Hall–Kier alpha value is -2.65. The number of benzene rings is 1. The van der Waals surface area contributed by atoms with Gasteiger partial charge in [-0.3, -0.25) is 0 Å². The fourth-order valence-electron chi connectivity index (χ4n) is 2.66. The number of aliphatic carboxylic acids is 1. The summed E-state index contributed by atoms with van der Waals surface area (Å²) in [7, 11) is 0. The zero-order valence-electron chi connectivity index (χ0n) is 12.2. The summed E-state index contributed by atoms with van der Waals surface area (Å²) in [5.74, 6) is -1.40. The number of carbonyl (C=O) groups is 2. The molecule has 1 atom stereocenters. The zero-order valence-corrected chi connectivity index (χ0v) is 13.8. The minimum absolute atomic E-state index is 0.0701. The number of anilines is 2. The van der Waals surface area contributed by atoms with Gasteiger partial charge in [-0.05, 0) is 24.3 Å². The molecular weight excluding hydrogens is 371 g/mol. The molecule has 126 valence electrons. The number of hydrogen-bond donors (Lipinski definition) is 2. The Morgan fingerprint density at radius 1 is 1.40 bits per heavy atom. The van der Waals surface area contributed by atoms with Crippen molar-refractivity contribution in [2.75, 3.05) is 4.90 Å². The van der Waals surface area contributed by atoms with Crippen LogP contribution in [0.4, 0.5) is 20.7 Å². The molecule has 1 aromatic carbocycles. The average Bonchev–Trinajstić information content (AvgIpc) is 2.57. The molecule has 2 aliphatic rings. The van der Waals surface area contributed by atoms with Gasteiger partial charge in [0.15, 0.2) is 5.82 Å². The van der Waals surface area contributed by atoms with E-state index in [0.29, 0.717) is 22.1 Å². The summed E-state index contributed by atoms with van der Waals surface area (Å²) in [4.78, 5) is 33.4. The lowest BCUT2D eigenvalue weighted by molar-refractivity contribution is -0.131. The van der Waals surface area contributed by atoms with Gasteiger partial charge in [0, 0.05) is 0 Å². The van der Waals surface area contributed by atoms with Crippen molar-refractivity contribution in [1.29, 1.82) is 0 Å². The fourth-order valence-corrected chi connectivity index (χ4v) is 3.76. The number of carboxylic acids is 1. The number of nitrogens with zero attached hydrogens (tertiary/aromatic N) is 3. The summed E-state index contributed by atoms with van der Waals surface area (Å²) in [5.41, 5.74) is 0.916. The lowest BCUT2D eigenvalue weighted by atomic mass is 10.1. The Bertz CT molecular complexity index is 968. The third-order valence-corrected chi connectivity index (χ3v) is 5.07. The minimum atomic E-state index is -1.10. The molecule has 3 heterocycles. The quantitative estimate of drug-likeness (QED) is 0.779. The smallest absolute Gasteiger partial charge is 0.342 e. The van der Waals surface area contributed by atoms with Gasteiger partial charge in [0.1, 0.15) is 17.2 Å². The summed E-state index contributed by atoms with van der Waals surface area (Å²) in [6.45, 7) is 0. The third kappa shape index (κ3) is 2.52. The molecule has 0 spiro atoms. The Labute approximate surface area is 149 Å². The average molecular weight is 379 g/mol. The highest BCUT2D eigenvalue weighted by Crippen LogP contribution is 2.45. The highest BCUT2D eigenvalue weighted by atomic mass is 35.5. The number of thioether (sulfide) groups is 1. The van der Waals surface area contributed by atoms with E-state index in [0.717, 1.165) is 17.8 Å². The van der Waals surface area contributed by atoms with E-state index >= 15 is 0 Å². The summed E-state index contributed by atoms with van der Waals surface area (Å²) in [6.07, 6.45) is 2.69. The van der Waals surface area contributed by atoms with Gasteiger partial charge >= 0.3 is 12.0 Å². The molecule has 10 heteroatoms. The van der Waals surface area contributed by atoms with E-state index in [2.05, 4.69) is 15.3 Å². The van der Waals surface area contributed by atoms with Gasteiger partial charge in [-0.1, -0.05) is 23.4 Å². The molecular formula is C15H8ClFN4O3S. The number of aromatic nitrogens is 2. The van der Waals surface area contributed by atoms with Crippen LogP contribution >= 0.6 is 23.4 Å². The van der Waals surface area contributed by atoms with Crippen LogP contribution in [0.15, 0.2) is 40.5 Å². The fraction of sp³-hybridized carbons (Fsp3) is 0.0667. The van der Waals surface area contributed by atoms with Crippen LogP contribution in [-0.2, 0) is 4.79 Å². The number of carbonyl (C=O) groups excluding carboxylic acids is 1. The number of halogens is 2. The van der Waals surface area contributed by atoms with E-state index in [1.807, 2.05) is 0 Å². The van der Waals surface area contributed by atoms with Gasteiger partial charge in [0.05, 0.1) is 27.2 Å². The predicted molar refractivity (Wildman–Crippen MR) is 88.4 cm³/mol. The van der Waals surface area contributed by atoms with Gasteiger partial charge in [0.25, 0.3) is 0 Å². The van der Waals surface area contributed by atoms with Crippen LogP contribution in [0.1, 0.15) is 11.6 Å². The van der Waals surface area contributed by atoms with Gasteiger partial charge in [-0.2, -0.15) is 0 Å². The summed E-state index contributed by atoms with van der Waals surface area (Å²) in [6, 6.07) is 2.70. The number of nitrogens with one attached hydrogen (secondary N) is 1. The van der Waals surface area contributed by atoms with Crippen molar-refractivity contribution in [2.45, 2.75) is 11.1 Å². The van der Waals surface area contributed by atoms with Crippen LogP contribution in [0.3, 0.4) is 0 Å². The van der Waals surface area contributed by atoms with Gasteiger partial charge in [0.2, 0.25) is 0 Å². The SMILES string of the molecule is O=C(O)C1=CC2NC(=O)N(c3ccc(F)c(Cl)c3)c3ncnc(c32)S1. The molecule has 2 aromatic rings. The molecule has 1 unspecified atom stereocenters. The molecule has 2 aliphatic heterocycles. The van der Waals surface area contributed by atoms with Crippen LogP contribution in [0.25, 0.3) is 0 Å². The maximum Gasteiger partial charge on any atom is 0.342 e. The van der Waals surface area contributed by atoms with E-state index in [-0.39, 0.29) is 9.93 Å². The number of carboxylic acid groups (broad SMARTS) is 1. The first-order valence-corrected chi connectivity index (χ1v) is 8.18. The largest absolute Gasteiger partial charge is 0.477 e. The monoisotopic (exact) mass is 378 g/mol. The second-order valence-corrected chi connectivity index (χ2v) is 6.65. The maximum absolute atomic E-state index is 13.4. The van der Waals surface area contributed by atoms with Gasteiger partial charge < -0.3 is 10.4 Å². The number of urea groups is 1. The summed E-state index contributed by atoms with van der Waals surface area (Å²) in [5, 5.41) is 12.2. The Morgan fingerprint density at radius 3 is 2.92 bits per heavy atom. The van der Waals surface area contributed by atoms with Crippen molar-refractivity contribution in [3.8, 4) is 0 Å². The first-order chi connectivity index (χ1) is 12.0. The third-order valence-electron chi connectivity index (χ3n) is 3.73. The van der Waals surface area contributed by atoms with Crippen LogP contribution in [-0.4, -0.2) is 27.1 Å². The lowest BCUT2D eigenvalue weighted by Gasteiger charge is -2.35. The molecule has 2 amide bonds. The van der Waals surface area contributed by atoms with Crippen LogP contribution in [0.2, 0.25) is 5.02 Å². The summed E-state index contributed by atoms with van der Waals surface area (Å²) >= 11 is 6.80. The Morgan fingerprint density at radius 2 is 2.20 bits per heavy atom. The van der Waals surface area contributed by atoms with Crippen molar-refractivity contribution in [3.63, 3.8) is 0 Å². The zero-order chi connectivity index (χ0) is 17.7. The molecule has 7 nitrogen and oxygen atoms in total. The van der Waals surface area contributed by atoms with E-state index in [4.69, 9.17) is 11.6 Å².